The van der Waals surface area contributed by atoms with Gasteiger partial charge in [0.15, 0.2) is 0 Å². The summed E-state index contributed by atoms with van der Waals surface area (Å²) < 4.78 is 5.11. The molecule has 2 aliphatic rings. The molecule has 6 heteroatoms. The van der Waals surface area contributed by atoms with Crippen molar-refractivity contribution in [2.75, 3.05) is 20.1 Å². The van der Waals surface area contributed by atoms with Crippen molar-refractivity contribution in [3.8, 4) is 0 Å². The summed E-state index contributed by atoms with van der Waals surface area (Å²) in [6.45, 7) is 4.92. The van der Waals surface area contributed by atoms with Crippen molar-refractivity contribution < 1.29 is 14.1 Å². The van der Waals surface area contributed by atoms with Crippen LogP contribution in [0.15, 0.2) is 4.52 Å². The second-order valence-electron chi connectivity index (χ2n) is 6.60. The lowest BCUT2D eigenvalue weighted by molar-refractivity contribution is -0.127. The van der Waals surface area contributed by atoms with Crippen LogP contribution >= 0.6 is 0 Å². The van der Waals surface area contributed by atoms with Gasteiger partial charge in [-0.25, -0.2) is 0 Å². The molecule has 2 fully saturated rings. The van der Waals surface area contributed by atoms with E-state index in [4.69, 9.17) is 4.52 Å². The van der Waals surface area contributed by atoms with E-state index in [2.05, 4.69) is 10.5 Å². The average Bonchev–Trinajstić information content (AvgIpc) is 3.19. The molecule has 0 unspecified atom stereocenters. The normalized spacial score (nSPS) is 27.6. The monoisotopic (exact) mass is 305 g/mol. The van der Waals surface area contributed by atoms with E-state index in [0.717, 1.165) is 25.7 Å². The molecule has 22 heavy (non-hydrogen) atoms. The van der Waals surface area contributed by atoms with Crippen molar-refractivity contribution in [2.45, 2.75) is 39.5 Å². The van der Waals surface area contributed by atoms with Gasteiger partial charge >= 0.3 is 0 Å². The Morgan fingerprint density at radius 1 is 1.36 bits per heavy atom. The highest BCUT2D eigenvalue weighted by atomic mass is 16.5. The van der Waals surface area contributed by atoms with E-state index >= 15 is 0 Å². The van der Waals surface area contributed by atoms with Gasteiger partial charge in [0, 0.05) is 31.5 Å². The van der Waals surface area contributed by atoms with Gasteiger partial charge < -0.3 is 14.7 Å². The minimum atomic E-state index is -0.0469. The molecule has 1 aromatic rings. The van der Waals surface area contributed by atoms with Crippen LogP contribution in [-0.4, -0.2) is 42.0 Å². The van der Waals surface area contributed by atoms with Crippen LogP contribution in [0.3, 0.4) is 0 Å². The molecule has 6 nitrogen and oxygen atoms in total. The Kier molecular flexibility index (Phi) is 3.70. The lowest BCUT2D eigenvalue weighted by Crippen LogP contribution is -2.40. The molecule has 2 amide bonds. The molecule has 1 aliphatic heterocycles. The summed E-state index contributed by atoms with van der Waals surface area (Å²) in [4.78, 5) is 26.8. The summed E-state index contributed by atoms with van der Waals surface area (Å²) in [6, 6.07) is 0. The average molecular weight is 305 g/mol. The molecule has 2 heterocycles. The van der Waals surface area contributed by atoms with Crippen molar-refractivity contribution in [3.63, 3.8) is 0 Å². The van der Waals surface area contributed by atoms with Crippen LogP contribution in [0.1, 0.15) is 47.5 Å². The second kappa shape index (κ2) is 5.41. The van der Waals surface area contributed by atoms with E-state index in [-0.39, 0.29) is 23.1 Å². The Bertz CT molecular complexity index is 590. The Labute approximate surface area is 130 Å². The first-order chi connectivity index (χ1) is 10.5. The van der Waals surface area contributed by atoms with Crippen LogP contribution in [0.4, 0.5) is 0 Å². The second-order valence-corrected chi connectivity index (χ2v) is 6.60. The van der Waals surface area contributed by atoms with Gasteiger partial charge in [0.2, 0.25) is 5.91 Å². The zero-order valence-corrected chi connectivity index (χ0v) is 13.4. The smallest absolute Gasteiger partial charge is 0.259 e. The molecule has 1 N–H and O–H groups in total. The van der Waals surface area contributed by atoms with Gasteiger partial charge in [0.1, 0.15) is 11.3 Å². The molecule has 1 aliphatic carbocycles. The molecule has 3 rings (SSSR count). The molecule has 0 radical (unpaired) electrons. The van der Waals surface area contributed by atoms with E-state index < -0.39 is 0 Å². The summed E-state index contributed by atoms with van der Waals surface area (Å²) in [5, 5.41) is 6.65. The molecule has 1 saturated carbocycles. The maximum atomic E-state index is 12.8. The predicted octanol–water partition coefficient (Wildman–Crippen LogP) is 1.67. The number of nitrogens with zero attached hydrogens (tertiary/aromatic N) is 2. The fourth-order valence-electron chi connectivity index (χ4n) is 4.23. The Balaban J connectivity index is 1.80. The maximum absolute atomic E-state index is 12.8. The summed E-state index contributed by atoms with van der Waals surface area (Å²) in [7, 11) is 1.69. The summed E-state index contributed by atoms with van der Waals surface area (Å²) in [6.07, 6.45) is 3.91. The minimum absolute atomic E-state index is 0.0179. The van der Waals surface area contributed by atoms with Crippen molar-refractivity contribution in [1.82, 2.24) is 15.4 Å². The van der Waals surface area contributed by atoms with E-state index in [1.165, 1.54) is 0 Å². The number of carbonyl (C=O) groups is 2. The third kappa shape index (κ3) is 2.21. The molecule has 1 aromatic heterocycles. The van der Waals surface area contributed by atoms with E-state index in [1.807, 2.05) is 4.90 Å². The number of amides is 2. The van der Waals surface area contributed by atoms with E-state index in [0.29, 0.717) is 30.1 Å². The quantitative estimate of drug-likeness (QED) is 0.902. The number of rotatable bonds is 2. The van der Waals surface area contributed by atoms with Crippen molar-refractivity contribution in [3.05, 3.63) is 17.0 Å². The van der Waals surface area contributed by atoms with Gasteiger partial charge in [-0.2, -0.15) is 0 Å². The molecule has 120 valence electrons. The minimum Gasteiger partial charge on any atom is -0.361 e. The lowest BCUT2D eigenvalue weighted by Gasteiger charge is -2.30. The van der Waals surface area contributed by atoms with Crippen LogP contribution in [0.5, 0.6) is 0 Å². The zero-order chi connectivity index (χ0) is 15.9. The largest absolute Gasteiger partial charge is 0.361 e. The molecule has 1 saturated heterocycles. The van der Waals surface area contributed by atoms with Gasteiger partial charge in [-0.05, 0) is 33.1 Å². The number of nitrogens with one attached hydrogen (secondary N) is 1. The molecular weight excluding hydrogens is 282 g/mol. The molecule has 2 atom stereocenters. The Hall–Kier alpha value is -1.85. The zero-order valence-electron chi connectivity index (χ0n) is 13.4. The van der Waals surface area contributed by atoms with Crippen molar-refractivity contribution >= 4 is 11.8 Å². The van der Waals surface area contributed by atoms with Crippen LogP contribution in [0.2, 0.25) is 0 Å². The standard InChI is InChI=1S/C16H23N3O3/c1-10-13(11(2)22-18-10)15(21)19-8-7-16(9-19)6-4-5-12(16)14(20)17-3/h12H,4-9H2,1-3H3,(H,17,20)/t12-,16+/m1/s1. The Morgan fingerprint density at radius 3 is 2.77 bits per heavy atom. The summed E-state index contributed by atoms with van der Waals surface area (Å²) in [5.41, 5.74) is 1.17. The number of likely N-dealkylation sites (tertiary alicyclic amines) is 1. The summed E-state index contributed by atoms with van der Waals surface area (Å²) >= 11 is 0. The van der Waals surface area contributed by atoms with E-state index in [9.17, 15) is 9.59 Å². The topological polar surface area (TPSA) is 75.4 Å². The first kappa shape index (κ1) is 15.1. The highest BCUT2D eigenvalue weighted by Gasteiger charge is 2.51. The van der Waals surface area contributed by atoms with E-state index in [1.54, 1.807) is 20.9 Å². The number of aryl methyl sites for hydroxylation is 2. The first-order valence-electron chi connectivity index (χ1n) is 7.92. The highest BCUT2D eigenvalue weighted by molar-refractivity contribution is 5.96. The maximum Gasteiger partial charge on any atom is 0.259 e. The SMILES string of the molecule is CNC(=O)[C@H]1CCC[C@@]12CCN(C(=O)c1c(C)noc1C)C2. The van der Waals surface area contributed by atoms with Crippen LogP contribution in [0.25, 0.3) is 0 Å². The molecule has 0 aromatic carbocycles. The van der Waals surface area contributed by atoms with Gasteiger partial charge in [0.25, 0.3) is 5.91 Å². The lowest BCUT2D eigenvalue weighted by atomic mass is 9.76. The highest BCUT2D eigenvalue weighted by Crippen LogP contribution is 2.50. The van der Waals surface area contributed by atoms with Gasteiger partial charge in [-0.15, -0.1) is 0 Å². The van der Waals surface area contributed by atoms with Gasteiger partial charge in [-0.3, -0.25) is 9.59 Å². The van der Waals surface area contributed by atoms with Gasteiger partial charge in [0.05, 0.1) is 5.69 Å². The molecular formula is C16H23N3O3. The Morgan fingerprint density at radius 2 is 2.14 bits per heavy atom. The van der Waals surface area contributed by atoms with Gasteiger partial charge in [-0.1, -0.05) is 11.6 Å². The van der Waals surface area contributed by atoms with Crippen molar-refractivity contribution in [2.24, 2.45) is 11.3 Å². The third-order valence-corrected chi connectivity index (χ3v) is 5.39. The first-order valence-corrected chi connectivity index (χ1v) is 7.92. The number of carbonyl (C=O) groups excluding carboxylic acids is 2. The number of hydrogen-bond donors (Lipinski definition) is 1. The predicted molar refractivity (Wildman–Crippen MR) is 80.3 cm³/mol. The van der Waals surface area contributed by atoms with Crippen molar-refractivity contribution in [1.29, 1.82) is 0 Å². The van der Waals surface area contributed by atoms with Crippen LogP contribution in [-0.2, 0) is 4.79 Å². The number of hydrogen-bond acceptors (Lipinski definition) is 4. The fraction of sp³-hybridized carbons (Fsp3) is 0.688. The third-order valence-electron chi connectivity index (χ3n) is 5.39. The summed E-state index contributed by atoms with van der Waals surface area (Å²) in [5.74, 6) is 0.692. The van der Waals surface area contributed by atoms with Crippen LogP contribution in [0, 0.1) is 25.2 Å². The fourth-order valence-corrected chi connectivity index (χ4v) is 4.23. The van der Waals surface area contributed by atoms with Crippen LogP contribution < -0.4 is 5.32 Å². The molecule has 0 bridgehead atoms. The number of aromatic nitrogens is 1. The molecule has 1 spiro atoms.